The van der Waals surface area contributed by atoms with Gasteiger partial charge in [0.1, 0.15) is 30.3 Å². The smallest absolute Gasteiger partial charge is 0.349 e. The topological polar surface area (TPSA) is 59.1 Å². The summed E-state index contributed by atoms with van der Waals surface area (Å²) in [5.74, 6) is -2.33. The first kappa shape index (κ1) is 6.89. The predicted molar refractivity (Wildman–Crippen MR) is 99.1 cm³/mol. The lowest BCUT2D eigenvalue weighted by Gasteiger charge is -2.45. The third-order valence-electron chi connectivity index (χ3n) is 3.99. The number of morpholine rings is 1. The van der Waals surface area contributed by atoms with Gasteiger partial charge in [-0.15, -0.1) is 22.7 Å². The Balaban J connectivity index is 0.00000500. The molecule has 0 saturated carbocycles. The van der Waals surface area contributed by atoms with Crippen LogP contribution in [0.5, 0.6) is 0 Å². The monoisotopic (exact) mass is 491 g/mol. The predicted octanol–water partition coefficient (Wildman–Crippen LogP) is -0.650. The maximum Gasteiger partial charge on any atom is 0.349 e. The van der Waals surface area contributed by atoms with Crippen LogP contribution in [-0.2, 0) is 19.9 Å². The first-order valence-corrected chi connectivity index (χ1v) is 8.70. The van der Waals surface area contributed by atoms with Crippen molar-refractivity contribution < 1.29 is 68.3 Å². The lowest BCUT2D eigenvalue weighted by Crippen LogP contribution is -3.00. The van der Waals surface area contributed by atoms with E-state index in [0.29, 0.717) is 0 Å². The van der Waals surface area contributed by atoms with E-state index in [1.165, 1.54) is 0 Å². The number of carbonyl (C=O) groups is 1. The number of esters is 1. The van der Waals surface area contributed by atoms with Crippen molar-refractivity contribution >= 4 is 28.6 Å². The SMILES string of the molecule is [2H]c1sc(C(O)(C(=O)OC2([2H])C([2H])([2H])C3([2H])C4OC4([2H])C([2H])(C2([2H])[2H])[N+]3(C([2H])([2H])[2H])C([2H])([2H])[2H])c2sc([2H])c([2H])c2[2H])c([2H])c1[2H].[Br-]. The number of halogens is 1. The highest BCUT2D eigenvalue weighted by Crippen LogP contribution is 2.52. The van der Waals surface area contributed by atoms with Gasteiger partial charge in [0.25, 0.3) is 0 Å². The van der Waals surface area contributed by atoms with Gasteiger partial charge in [0, 0.05) is 18.2 Å². The van der Waals surface area contributed by atoms with Gasteiger partial charge in [0.15, 0.2) is 0 Å². The molecule has 0 spiro atoms. The van der Waals surface area contributed by atoms with E-state index in [2.05, 4.69) is 0 Å². The van der Waals surface area contributed by atoms with E-state index in [9.17, 15) is 9.90 Å². The van der Waals surface area contributed by atoms with Crippen molar-refractivity contribution in [2.24, 2.45) is 0 Å². The summed E-state index contributed by atoms with van der Waals surface area (Å²) in [6.07, 6.45) is -18.9. The number of carbonyl (C=O) groups excluding carboxylic acids is 1. The molecule has 3 aliphatic heterocycles. The minimum absolute atomic E-state index is 0. The average molecular weight is 493 g/mol. The number of likely N-dealkylation sites (N-methyl/N-ethyl adjacent to an activating group) is 1. The van der Waals surface area contributed by atoms with Gasteiger partial charge in [-0.3, -0.25) is 0 Å². The Morgan fingerprint density at radius 2 is 2.00 bits per heavy atom. The van der Waals surface area contributed by atoms with E-state index in [0.717, 1.165) is 0 Å². The molecule has 5 unspecified atom stereocenters. The Hall–Kier alpha value is -0.770. The minimum Gasteiger partial charge on any atom is -1.00 e. The molecule has 0 aromatic carbocycles. The Kier molecular flexibility index (Phi) is 1.69. The third kappa shape index (κ3) is 2.84. The minimum atomic E-state index is -4.42. The van der Waals surface area contributed by atoms with E-state index in [1.807, 2.05) is 0 Å². The molecule has 2 aromatic heterocycles. The summed E-state index contributed by atoms with van der Waals surface area (Å²) in [6.45, 7) is -8.35. The van der Waals surface area contributed by atoms with Crippen molar-refractivity contribution in [1.29, 1.82) is 0 Å². The molecule has 1 N–H and O–H groups in total. The average Bonchev–Trinajstić information content (AvgIpc) is 3.42. The van der Waals surface area contributed by atoms with Gasteiger partial charge in [-0.05, 0) is 22.8 Å². The molecule has 0 radical (unpaired) electrons. The molecule has 5 nitrogen and oxygen atoms in total. The summed E-state index contributed by atoms with van der Waals surface area (Å²) >= 11 is 0.196. The number of quaternary nitrogens is 1. The standard InChI is InChI=1S/C19H22NO4S2.BrH/c1-20(2)12-9-11(10-13(20)17-16(12)24-17)23-18(21)19(22,14-5-3-7-25-14)15-6-4-8-26-15;/h3-8,11-13,16-17,22H,9-10H2,1-2H3;1H/q+1;/p-1/i1D3,2D3,3D,4D,5D,6D,7D,8D,9D2,10D2,11D,12D,13D,16D;. The van der Waals surface area contributed by atoms with Crippen molar-refractivity contribution in [2.45, 2.75) is 48.6 Å². The van der Waals surface area contributed by atoms with E-state index in [1.54, 1.807) is 0 Å². The van der Waals surface area contributed by atoms with Crippen LogP contribution in [0.1, 0.15) is 49.9 Å². The molecule has 8 heteroatoms. The largest absolute Gasteiger partial charge is 1.00 e. The van der Waals surface area contributed by atoms with Crippen molar-refractivity contribution in [3.8, 4) is 0 Å². The van der Waals surface area contributed by atoms with Crippen molar-refractivity contribution in [1.82, 2.24) is 0 Å². The summed E-state index contributed by atoms with van der Waals surface area (Å²) in [5, 5.41) is 10.4. The van der Waals surface area contributed by atoms with Crippen LogP contribution in [0.25, 0.3) is 0 Å². The third-order valence-corrected chi connectivity index (χ3v) is 5.60. The summed E-state index contributed by atoms with van der Waals surface area (Å²) in [4.78, 5) is 12.1. The quantitative estimate of drug-likeness (QED) is 0.350. The van der Waals surface area contributed by atoms with Crippen LogP contribution in [0.15, 0.2) is 34.9 Å². The van der Waals surface area contributed by atoms with Crippen LogP contribution in [-0.4, -0.2) is 59.8 Å². The Morgan fingerprint density at radius 1 is 1.37 bits per heavy atom. The van der Waals surface area contributed by atoms with Crippen LogP contribution in [0, 0.1) is 0 Å². The van der Waals surface area contributed by atoms with Gasteiger partial charge >= 0.3 is 5.97 Å². The Labute approximate surface area is 205 Å². The highest BCUT2D eigenvalue weighted by Gasteiger charge is 2.71. The highest BCUT2D eigenvalue weighted by atomic mass is 79.9. The molecule has 146 valence electrons. The van der Waals surface area contributed by atoms with Crippen LogP contribution < -0.4 is 17.0 Å². The number of fused-ring (bicyclic) bond motifs is 5. The summed E-state index contributed by atoms with van der Waals surface area (Å²) in [5.41, 5.74) is -3.63. The van der Waals surface area contributed by atoms with E-state index in [-0.39, 0.29) is 39.7 Å². The van der Waals surface area contributed by atoms with Crippen LogP contribution in [0.3, 0.4) is 0 Å². The number of aliphatic hydroxyl groups is 1. The number of nitrogens with zero attached hydrogens (tertiary/aromatic N) is 1. The number of thiophene rings is 2. The fourth-order valence-electron chi connectivity index (χ4n) is 2.67. The molecule has 5 rings (SSSR count). The van der Waals surface area contributed by atoms with Crippen LogP contribution in [0.4, 0.5) is 0 Å². The molecule has 3 saturated heterocycles. The highest BCUT2D eigenvalue weighted by molar-refractivity contribution is 7.12. The second-order valence-electron chi connectivity index (χ2n) is 5.51. The number of rotatable bonds is 4. The molecule has 5 atom stereocenters. The second-order valence-corrected chi connectivity index (χ2v) is 7.15. The van der Waals surface area contributed by atoms with Gasteiger partial charge in [0.2, 0.25) is 5.60 Å². The van der Waals surface area contributed by atoms with E-state index >= 15 is 0 Å². The zero-order valence-electron chi connectivity index (χ0n) is 32.9. The number of hydrogen-bond donors (Lipinski definition) is 1. The zero-order chi connectivity index (χ0) is 35.6. The Morgan fingerprint density at radius 3 is 2.56 bits per heavy atom. The fraction of sp³-hybridized carbons (Fsp3) is 0.526. The molecule has 27 heavy (non-hydrogen) atoms. The molecule has 2 bridgehead atoms. The van der Waals surface area contributed by atoms with Crippen LogP contribution >= 0.6 is 22.7 Å². The molecule has 0 amide bonds. The van der Waals surface area contributed by atoms with E-state index < -0.39 is 118 Å². The van der Waals surface area contributed by atoms with Gasteiger partial charge in [-0.25, -0.2) is 4.79 Å². The van der Waals surface area contributed by atoms with Crippen molar-refractivity contribution in [3.05, 3.63) is 44.6 Å². The van der Waals surface area contributed by atoms with Gasteiger partial charge < -0.3 is 36.0 Å². The summed E-state index contributed by atoms with van der Waals surface area (Å²) in [7, 11) is 0. The molecule has 3 fully saturated rings. The molecular formula is C19H22BrNO4S2. The zero-order valence-corrected chi connectivity index (χ0v) is 16.1. The maximum atomic E-state index is 14.1. The van der Waals surface area contributed by atoms with Gasteiger partial charge in [-0.1, -0.05) is 12.1 Å². The Bertz CT molecular complexity index is 1630. The fourth-order valence-corrected chi connectivity index (χ4v) is 4.01. The second kappa shape index (κ2) is 6.64. The lowest BCUT2D eigenvalue weighted by atomic mass is 9.95. The van der Waals surface area contributed by atoms with Gasteiger partial charge in [-0.2, -0.15) is 0 Å². The van der Waals surface area contributed by atoms with Gasteiger partial charge in [0.05, 0.1) is 45.6 Å². The normalized spacial score (nSPS) is 59.4. The number of hydrogen-bond acceptors (Lipinski definition) is 6. The van der Waals surface area contributed by atoms with Crippen LogP contribution in [0.2, 0.25) is 0 Å². The van der Waals surface area contributed by atoms with E-state index in [4.69, 9.17) is 36.9 Å². The lowest BCUT2D eigenvalue weighted by molar-refractivity contribution is -0.938. The molecular weight excluding hydrogens is 450 g/mol. The van der Waals surface area contributed by atoms with Crippen molar-refractivity contribution in [3.63, 3.8) is 0 Å². The van der Waals surface area contributed by atoms with Crippen molar-refractivity contribution in [2.75, 3.05) is 14.0 Å². The molecule has 5 heterocycles. The number of epoxide rings is 1. The molecule has 0 aliphatic carbocycles. The number of piperidine rings is 1. The number of ether oxygens (including phenoxy) is 2. The first-order chi connectivity index (χ1) is 20.4. The molecule has 3 aliphatic rings. The summed E-state index contributed by atoms with van der Waals surface area (Å²) in [6, 6.07) is -11.9. The molecule has 2 aromatic rings. The first-order valence-electron chi connectivity index (χ1n) is 17.1. The summed E-state index contributed by atoms with van der Waals surface area (Å²) < 4.78 is 175. The maximum absolute atomic E-state index is 14.1.